The Kier molecular flexibility index (Phi) is 17.5. The van der Waals surface area contributed by atoms with E-state index >= 15 is 0 Å². The first-order chi connectivity index (χ1) is 14.3. The van der Waals surface area contributed by atoms with Gasteiger partial charge in [0.05, 0.1) is 7.95 Å². The van der Waals surface area contributed by atoms with E-state index in [1.807, 2.05) is 0 Å². The number of allylic oxidation sites excluding steroid dienone is 2. The zero-order chi connectivity index (χ0) is 22.7. The van der Waals surface area contributed by atoms with Gasteiger partial charge in [-0.1, -0.05) is 70.4 Å². The van der Waals surface area contributed by atoms with E-state index in [1.165, 1.54) is 44.9 Å². The fraction of sp³-hybridized carbons (Fsp3) is 0.857. The summed E-state index contributed by atoms with van der Waals surface area (Å²) < 4.78 is 26.6. The van der Waals surface area contributed by atoms with Crippen LogP contribution in [0.3, 0.4) is 0 Å². The van der Waals surface area contributed by atoms with Crippen LogP contribution in [0.1, 0.15) is 98.2 Å². The van der Waals surface area contributed by atoms with Gasteiger partial charge in [-0.25, -0.2) is 4.57 Å². The Labute approximate surface area is 177 Å². The van der Waals surface area contributed by atoms with Crippen LogP contribution in [0.25, 0.3) is 0 Å². The Morgan fingerprint density at radius 1 is 0.966 bits per heavy atom. The van der Waals surface area contributed by atoms with E-state index in [0.717, 1.165) is 32.1 Å². The number of aliphatic hydroxyl groups excluding tert-OH is 1. The molecule has 3 N–H and O–H groups in total. The molecule has 8 heteroatoms. The van der Waals surface area contributed by atoms with Gasteiger partial charge in [0.25, 0.3) is 0 Å². The van der Waals surface area contributed by atoms with E-state index in [4.69, 9.17) is 15.9 Å². The molecule has 0 aliphatic heterocycles. The fourth-order valence-corrected chi connectivity index (χ4v) is 3.08. The summed E-state index contributed by atoms with van der Waals surface area (Å²) in [6.07, 6.45) is 18.3. The zero-order valence-electron chi connectivity index (χ0n) is 18.8. The lowest BCUT2D eigenvalue weighted by Crippen LogP contribution is -2.23. The number of phosphoric acid groups is 1. The first-order valence-electron chi connectivity index (χ1n) is 11.5. The second-order valence-electron chi connectivity index (χ2n) is 7.32. The van der Waals surface area contributed by atoms with Gasteiger partial charge in [-0.15, -0.1) is 0 Å². The molecule has 0 aromatic heterocycles. The van der Waals surface area contributed by atoms with Gasteiger partial charge in [0.1, 0.15) is 12.7 Å². The molecule has 0 aromatic carbocycles. The Bertz CT molecular complexity index is 496. The topological polar surface area (TPSA) is 113 Å². The smallest absolute Gasteiger partial charge is 0.463 e. The van der Waals surface area contributed by atoms with Gasteiger partial charge >= 0.3 is 13.8 Å². The fourth-order valence-electron chi connectivity index (χ4n) is 2.78. The van der Waals surface area contributed by atoms with Crippen molar-refractivity contribution in [1.82, 2.24) is 0 Å². The molecule has 0 aromatic rings. The van der Waals surface area contributed by atoms with Crippen molar-refractivity contribution in [3.8, 4) is 0 Å². The number of aliphatic hydroxyl groups is 1. The lowest BCUT2D eigenvalue weighted by molar-refractivity contribution is -0.147. The molecule has 7 nitrogen and oxygen atoms in total. The van der Waals surface area contributed by atoms with Crippen LogP contribution < -0.4 is 0 Å². The normalized spacial score (nSPS) is 14.7. The van der Waals surface area contributed by atoms with Crippen LogP contribution in [0, 0.1) is 0 Å². The van der Waals surface area contributed by atoms with Crippen LogP contribution in [-0.2, 0) is 18.6 Å². The third-order valence-corrected chi connectivity index (χ3v) is 4.81. The zero-order valence-corrected chi connectivity index (χ0v) is 18.7. The predicted octanol–water partition coefficient (Wildman–Crippen LogP) is 5.04. The molecular weight excluding hydrogens is 395 g/mol. The highest BCUT2D eigenvalue weighted by atomic mass is 31.2. The summed E-state index contributed by atoms with van der Waals surface area (Å²) in [5, 5.41) is 9.50. The van der Waals surface area contributed by atoms with Crippen molar-refractivity contribution in [2.75, 3.05) is 13.2 Å². The summed E-state index contributed by atoms with van der Waals surface area (Å²) in [5.74, 6) is -0.505. The summed E-state index contributed by atoms with van der Waals surface area (Å²) in [5.41, 5.74) is 0. The van der Waals surface area contributed by atoms with Crippen molar-refractivity contribution in [3.05, 3.63) is 12.2 Å². The standard InChI is InChI=1S/C21H41O7P/c1-2-3-4-5-6-7-8-9-10-11-12-13-14-15-16-17-21(23)27-18-20(22)19-28-29(24,25)26/h9-10,20,22H,2-8,11-19H2,1H3,(H2,24,25,26)/b10-9-/i19D. The van der Waals surface area contributed by atoms with Gasteiger partial charge < -0.3 is 19.6 Å². The monoisotopic (exact) mass is 437 g/mol. The number of phosphoric ester groups is 1. The molecule has 0 heterocycles. The molecule has 2 atom stereocenters. The summed E-state index contributed by atoms with van der Waals surface area (Å²) in [7, 11) is -4.86. The van der Waals surface area contributed by atoms with Crippen LogP contribution in [0.15, 0.2) is 12.2 Å². The van der Waals surface area contributed by atoms with Crippen LogP contribution in [0.2, 0.25) is 0 Å². The minimum absolute atomic E-state index is 0.215. The number of carbonyl (C=O) groups excluding carboxylic acids is 1. The van der Waals surface area contributed by atoms with Crippen molar-refractivity contribution in [2.24, 2.45) is 0 Å². The van der Waals surface area contributed by atoms with E-state index in [9.17, 15) is 14.5 Å². The highest BCUT2D eigenvalue weighted by molar-refractivity contribution is 7.46. The van der Waals surface area contributed by atoms with Crippen molar-refractivity contribution in [1.29, 1.82) is 0 Å². The molecule has 0 amide bonds. The molecule has 0 aliphatic rings. The first-order valence-corrected chi connectivity index (χ1v) is 12.4. The van der Waals surface area contributed by atoms with Gasteiger partial charge in [0.15, 0.2) is 0 Å². The van der Waals surface area contributed by atoms with E-state index in [0.29, 0.717) is 6.42 Å². The molecule has 0 fully saturated rings. The van der Waals surface area contributed by atoms with Gasteiger partial charge in [-0.2, -0.15) is 0 Å². The van der Waals surface area contributed by atoms with Crippen LogP contribution >= 0.6 is 7.82 Å². The second-order valence-corrected chi connectivity index (χ2v) is 8.51. The lowest BCUT2D eigenvalue weighted by Gasteiger charge is -2.12. The quantitative estimate of drug-likeness (QED) is 0.106. The Morgan fingerprint density at radius 3 is 2.03 bits per heavy atom. The maximum Gasteiger partial charge on any atom is 0.469 e. The highest BCUT2D eigenvalue weighted by Gasteiger charge is 2.17. The lowest BCUT2D eigenvalue weighted by atomic mass is 10.1. The Hall–Kier alpha value is -0.720. The summed E-state index contributed by atoms with van der Waals surface area (Å²) in [4.78, 5) is 28.7. The molecule has 172 valence electrons. The number of rotatable bonds is 20. The van der Waals surface area contributed by atoms with Crippen molar-refractivity contribution in [3.63, 3.8) is 0 Å². The Morgan fingerprint density at radius 2 is 1.48 bits per heavy atom. The van der Waals surface area contributed by atoms with E-state index < -0.39 is 33.1 Å². The number of carbonyl (C=O) groups is 1. The van der Waals surface area contributed by atoms with Crippen LogP contribution in [0.4, 0.5) is 0 Å². The maximum atomic E-state index is 11.6. The molecule has 0 aliphatic carbocycles. The number of hydrogen-bond donors (Lipinski definition) is 3. The highest BCUT2D eigenvalue weighted by Crippen LogP contribution is 2.35. The average molecular weight is 438 g/mol. The van der Waals surface area contributed by atoms with Crippen molar-refractivity contribution in [2.45, 2.75) is 103 Å². The maximum absolute atomic E-state index is 11.6. The van der Waals surface area contributed by atoms with Gasteiger partial charge in [0.2, 0.25) is 0 Å². The minimum Gasteiger partial charge on any atom is -0.463 e. The summed E-state index contributed by atoms with van der Waals surface area (Å²) >= 11 is 0. The van der Waals surface area contributed by atoms with Crippen LogP contribution in [-0.4, -0.2) is 40.2 Å². The SMILES string of the molecule is [2H]C(OP(=O)(O)O)C(O)COC(=O)CCCCCCC/C=C\CCCCCCCC. The average Bonchev–Trinajstić information content (AvgIpc) is 2.67. The molecular formula is C21H41O7P. The van der Waals surface area contributed by atoms with Crippen molar-refractivity contribution < 1.29 is 34.9 Å². The van der Waals surface area contributed by atoms with E-state index in [1.54, 1.807) is 0 Å². The number of esters is 1. The Balaban J connectivity index is 3.48. The third-order valence-electron chi connectivity index (χ3n) is 4.41. The molecule has 0 saturated carbocycles. The molecule has 0 rings (SSSR count). The molecule has 2 unspecified atom stereocenters. The van der Waals surface area contributed by atoms with Crippen LogP contribution in [0.5, 0.6) is 0 Å². The van der Waals surface area contributed by atoms with Gasteiger partial charge in [0, 0.05) is 6.42 Å². The van der Waals surface area contributed by atoms with E-state index in [2.05, 4.69) is 23.6 Å². The molecule has 0 radical (unpaired) electrons. The minimum atomic E-state index is -4.86. The summed E-state index contributed by atoms with van der Waals surface area (Å²) in [6, 6.07) is 0. The van der Waals surface area contributed by atoms with Gasteiger partial charge in [-0.05, 0) is 32.1 Å². The number of hydrogen-bond acceptors (Lipinski definition) is 5. The summed E-state index contributed by atoms with van der Waals surface area (Å²) in [6.45, 7) is -0.172. The predicted molar refractivity (Wildman–Crippen MR) is 114 cm³/mol. The largest absolute Gasteiger partial charge is 0.469 e. The molecule has 0 bridgehead atoms. The van der Waals surface area contributed by atoms with Gasteiger partial charge in [-0.3, -0.25) is 9.32 Å². The molecule has 29 heavy (non-hydrogen) atoms. The number of ether oxygens (including phenoxy) is 1. The first kappa shape index (κ1) is 26.3. The number of unbranched alkanes of at least 4 members (excludes halogenated alkanes) is 11. The third kappa shape index (κ3) is 23.4. The second kappa shape index (κ2) is 19.3. The molecule has 0 saturated heterocycles. The van der Waals surface area contributed by atoms with E-state index in [-0.39, 0.29) is 6.42 Å². The van der Waals surface area contributed by atoms with Crippen molar-refractivity contribution >= 4 is 13.8 Å². The molecule has 0 spiro atoms.